The van der Waals surface area contributed by atoms with Crippen molar-refractivity contribution in [3.8, 4) is 0 Å². The quantitative estimate of drug-likeness (QED) is 0.562. The Morgan fingerprint density at radius 3 is 2.28 bits per heavy atom. The van der Waals surface area contributed by atoms with Gasteiger partial charge >= 0.3 is 11.9 Å². The number of hydrogen-bond acceptors (Lipinski definition) is 4. The van der Waals surface area contributed by atoms with Gasteiger partial charge in [-0.15, -0.1) is 0 Å². The number of hydrogen-bond donors (Lipinski definition) is 4. The Kier molecular flexibility index (Phi) is 8.96. The zero-order valence-corrected chi connectivity index (χ0v) is 17.2. The topological polar surface area (TPSA) is 98.7 Å². The first-order valence-electron chi connectivity index (χ1n) is 9.64. The summed E-state index contributed by atoms with van der Waals surface area (Å²) in [6.45, 7) is 4.24. The molecule has 2 aromatic rings. The van der Waals surface area contributed by atoms with Gasteiger partial charge in [0.25, 0.3) is 0 Å². The average Bonchev–Trinajstić information content (AvgIpc) is 2.95. The van der Waals surface area contributed by atoms with Gasteiger partial charge in [0.15, 0.2) is 0 Å². The minimum absolute atomic E-state index is 0.242. The van der Waals surface area contributed by atoms with Crippen LogP contribution in [0.3, 0.4) is 0 Å². The number of fused-ring (bicyclic) bond motifs is 1. The lowest BCUT2D eigenvalue weighted by Gasteiger charge is -2.21. The third kappa shape index (κ3) is 7.40. The van der Waals surface area contributed by atoms with Gasteiger partial charge in [0.2, 0.25) is 0 Å². The monoisotopic (exact) mass is 418 g/mol. The highest BCUT2D eigenvalue weighted by Crippen LogP contribution is 2.33. The summed E-state index contributed by atoms with van der Waals surface area (Å²) in [4.78, 5) is 19.3. The Balaban J connectivity index is 0.000000321. The van der Waals surface area contributed by atoms with E-state index in [4.69, 9.17) is 21.8 Å². The van der Waals surface area contributed by atoms with Gasteiger partial charge in [-0.1, -0.05) is 48.0 Å². The minimum atomic E-state index is -1.08. The number of halogens is 1. The van der Waals surface area contributed by atoms with E-state index in [2.05, 4.69) is 47.9 Å². The van der Waals surface area contributed by atoms with Gasteiger partial charge in [0.05, 0.1) is 23.6 Å². The highest BCUT2D eigenvalue weighted by Gasteiger charge is 2.16. The summed E-state index contributed by atoms with van der Waals surface area (Å²) in [5, 5.41) is 23.7. The average molecular weight is 419 g/mol. The number of anilines is 1. The first-order chi connectivity index (χ1) is 13.9. The van der Waals surface area contributed by atoms with Gasteiger partial charge < -0.3 is 20.8 Å². The minimum Gasteiger partial charge on any atom is -0.481 e. The smallest absolute Gasteiger partial charge is 0.303 e. The first kappa shape index (κ1) is 22.7. The molecule has 0 saturated heterocycles. The van der Waals surface area contributed by atoms with Gasteiger partial charge in [-0.3, -0.25) is 9.59 Å². The molecule has 1 unspecified atom stereocenters. The third-order valence-electron chi connectivity index (χ3n) is 4.70. The Hall–Kier alpha value is -2.57. The van der Waals surface area contributed by atoms with Crippen LogP contribution in [-0.2, 0) is 22.4 Å². The van der Waals surface area contributed by atoms with E-state index >= 15 is 0 Å². The fourth-order valence-electron chi connectivity index (χ4n) is 3.16. The van der Waals surface area contributed by atoms with E-state index in [1.54, 1.807) is 0 Å². The van der Waals surface area contributed by atoms with Crippen LogP contribution in [0, 0.1) is 0 Å². The molecule has 0 aromatic heterocycles. The molecule has 29 heavy (non-hydrogen) atoms. The van der Waals surface area contributed by atoms with Crippen LogP contribution in [-0.4, -0.2) is 35.2 Å². The summed E-state index contributed by atoms with van der Waals surface area (Å²) >= 11 is 6.46. The number of carboxylic acids is 2. The molecule has 0 saturated carbocycles. The summed E-state index contributed by atoms with van der Waals surface area (Å²) < 4.78 is 0. The van der Waals surface area contributed by atoms with Crippen molar-refractivity contribution < 1.29 is 19.8 Å². The van der Waals surface area contributed by atoms with E-state index in [0.717, 1.165) is 36.6 Å². The van der Waals surface area contributed by atoms with Crippen molar-refractivity contribution in [2.24, 2.45) is 0 Å². The van der Waals surface area contributed by atoms with Crippen LogP contribution < -0.4 is 10.6 Å². The molecule has 0 amide bonds. The molecule has 7 heteroatoms. The van der Waals surface area contributed by atoms with Gasteiger partial charge in [0, 0.05) is 6.04 Å². The standard InChI is InChI=1S/C18H21ClN2.C4H6O4/c1-13(14-5-3-2-4-6-14)21-18-16-10-12-20-11-9-15(16)7-8-17(18)19;5-3(6)1-2-4(7)8/h2-8,13,20-21H,9-12H2,1H3;1-2H2,(H,5,6)(H,7,8). The number of carboxylic acid groups (broad SMARTS) is 2. The number of carbonyl (C=O) groups is 2. The molecule has 4 N–H and O–H groups in total. The summed E-state index contributed by atoms with van der Waals surface area (Å²) in [6, 6.07) is 14.9. The molecular weight excluding hydrogens is 392 g/mol. The van der Waals surface area contributed by atoms with Gasteiger partial charge in [0.1, 0.15) is 0 Å². The van der Waals surface area contributed by atoms with E-state index in [1.165, 1.54) is 16.7 Å². The lowest BCUT2D eigenvalue weighted by molar-refractivity contribution is -0.143. The van der Waals surface area contributed by atoms with Crippen molar-refractivity contribution in [1.82, 2.24) is 5.32 Å². The zero-order chi connectivity index (χ0) is 21.2. The van der Waals surface area contributed by atoms with E-state index in [0.29, 0.717) is 0 Å². The molecule has 0 radical (unpaired) electrons. The van der Waals surface area contributed by atoms with E-state index in [9.17, 15) is 9.59 Å². The van der Waals surface area contributed by atoms with Gasteiger partial charge in [-0.05, 0) is 55.6 Å². The molecule has 2 aromatic carbocycles. The predicted molar refractivity (Wildman–Crippen MR) is 115 cm³/mol. The molecule has 6 nitrogen and oxygen atoms in total. The molecule has 0 aliphatic carbocycles. The highest BCUT2D eigenvalue weighted by atomic mass is 35.5. The first-order valence-corrected chi connectivity index (χ1v) is 10.0. The van der Waals surface area contributed by atoms with Crippen LogP contribution >= 0.6 is 11.6 Å². The van der Waals surface area contributed by atoms with Crippen molar-refractivity contribution in [2.75, 3.05) is 18.4 Å². The normalized spacial score (nSPS) is 13.9. The van der Waals surface area contributed by atoms with Crippen LogP contribution in [0.4, 0.5) is 5.69 Å². The maximum atomic E-state index is 9.64. The van der Waals surface area contributed by atoms with E-state index in [-0.39, 0.29) is 18.9 Å². The second-order valence-corrected chi connectivity index (χ2v) is 7.28. The molecule has 1 atom stereocenters. The summed E-state index contributed by atoms with van der Waals surface area (Å²) in [5.74, 6) is -2.15. The fraction of sp³-hybridized carbons (Fsp3) is 0.364. The Labute approximate surface area is 175 Å². The third-order valence-corrected chi connectivity index (χ3v) is 5.01. The summed E-state index contributed by atoms with van der Waals surface area (Å²) in [5.41, 5.74) is 5.16. The lowest BCUT2D eigenvalue weighted by Crippen LogP contribution is -2.16. The van der Waals surface area contributed by atoms with Crippen LogP contribution in [0.15, 0.2) is 42.5 Å². The van der Waals surface area contributed by atoms with Crippen molar-refractivity contribution in [3.63, 3.8) is 0 Å². The maximum absolute atomic E-state index is 9.64. The van der Waals surface area contributed by atoms with E-state index in [1.807, 2.05) is 12.1 Å². The molecule has 0 spiro atoms. The number of aliphatic carboxylic acids is 2. The molecular formula is C22H27ClN2O4. The van der Waals surface area contributed by atoms with E-state index < -0.39 is 11.9 Å². The molecule has 0 bridgehead atoms. The second-order valence-electron chi connectivity index (χ2n) is 6.87. The SMILES string of the molecule is CC(Nc1c(Cl)ccc2c1CCNCC2)c1ccccc1.O=C(O)CCC(=O)O. The number of benzene rings is 2. The maximum Gasteiger partial charge on any atom is 0.303 e. The van der Waals surface area contributed by atoms with Crippen molar-refractivity contribution in [3.05, 3.63) is 64.2 Å². The fourth-order valence-corrected chi connectivity index (χ4v) is 3.39. The van der Waals surface area contributed by atoms with Crippen molar-refractivity contribution >= 4 is 29.2 Å². The van der Waals surface area contributed by atoms with Crippen molar-refractivity contribution in [1.29, 1.82) is 0 Å². The molecule has 1 heterocycles. The summed E-state index contributed by atoms with van der Waals surface area (Å²) in [7, 11) is 0. The Bertz CT molecular complexity index is 813. The van der Waals surface area contributed by atoms with Crippen LogP contribution in [0.5, 0.6) is 0 Å². The predicted octanol–water partition coefficient (Wildman–Crippen LogP) is 4.14. The highest BCUT2D eigenvalue weighted by molar-refractivity contribution is 6.33. The lowest BCUT2D eigenvalue weighted by atomic mass is 9.99. The molecule has 1 aliphatic heterocycles. The van der Waals surface area contributed by atoms with Crippen LogP contribution in [0.2, 0.25) is 5.02 Å². The number of rotatable bonds is 6. The number of nitrogens with one attached hydrogen (secondary N) is 2. The second kappa shape index (κ2) is 11.4. The molecule has 0 fully saturated rings. The largest absolute Gasteiger partial charge is 0.481 e. The van der Waals surface area contributed by atoms with Gasteiger partial charge in [-0.2, -0.15) is 0 Å². The van der Waals surface area contributed by atoms with Crippen LogP contribution in [0.1, 0.15) is 42.5 Å². The molecule has 3 rings (SSSR count). The Morgan fingerprint density at radius 1 is 1.03 bits per heavy atom. The van der Waals surface area contributed by atoms with Crippen LogP contribution in [0.25, 0.3) is 0 Å². The summed E-state index contributed by atoms with van der Waals surface area (Å²) in [6.07, 6.45) is 1.51. The van der Waals surface area contributed by atoms with Crippen molar-refractivity contribution in [2.45, 2.75) is 38.6 Å². The molecule has 1 aliphatic rings. The Morgan fingerprint density at radius 2 is 1.66 bits per heavy atom. The zero-order valence-electron chi connectivity index (χ0n) is 16.5. The molecule has 156 valence electrons. The van der Waals surface area contributed by atoms with Gasteiger partial charge in [-0.25, -0.2) is 0 Å².